The standard InChI is InChI=1S/C17H17NO2/c1-12(2)14-5-3-4-6-15(14)18-10-13-7-8-16-17(9-13)20-11-19-16/h3-10,12H,11H2,1-2H3. The molecule has 0 amide bonds. The minimum atomic E-state index is 0.298. The molecule has 0 atom stereocenters. The highest BCUT2D eigenvalue weighted by atomic mass is 16.7. The first kappa shape index (κ1) is 12.7. The Morgan fingerprint density at radius 2 is 1.85 bits per heavy atom. The van der Waals surface area contributed by atoms with Crippen molar-refractivity contribution in [2.24, 2.45) is 4.99 Å². The second-order valence-corrected chi connectivity index (χ2v) is 5.08. The maximum absolute atomic E-state index is 5.37. The van der Waals surface area contributed by atoms with Crippen LogP contribution >= 0.6 is 0 Å². The molecule has 20 heavy (non-hydrogen) atoms. The fourth-order valence-electron chi connectivity index (χ4n) is 2.23. The lowest BCUT2D eigenvalue weighted by atomic mass is 10.0. The van der Waals surface area contributed by atoms with Crippen molar-refractivity contribution in [3.05, 3.63) is 53.6 Å². The molecule has 0 aliphatic carbocycles. The fourth-order valence-corrected chi connectivity index (χ4v) is 2.23. The average Bonchev–Trinajstić information content (AvgIpc) is 2.92. The summed E-state index contributed by atoms with van der Waals surface area (Å²) in [6.45, 7) is 4.65. The summed E-state index contributed by atoms with van der Waals surface area (Å²) in [4.78, 5) is 4.60. The molecule has 0 fully saturated rings. The van der Waals surface area contributed by atoms with E-state index in [-0.39, 0.29) is 0 Å². The van der Waals surface area contributed by atoms with E-state index >= 15 is 0 Å². The number of aliphatic imine (C=N–C) groups is 1. The predicted molar refractivity (Wildman–Crippen MR) is 80.4 cm³/mol. The number of ether oxygens (including phenoxy) is 2. The molecule has 2 aromatic carbocycles. The molecule has 3 heteroatoms. The Morgan fingerprint density at radius 1 is 1.05 bits per heavy atom. The third-order valence-electron chi connectivity index (χ3n) is 3.31. The Morgan fingerprint density at radius 3 is 2.70 bits per heavy atom. The highest BCUT2D eigenvalue weighted by Gasteiger charge is 2.12. The molecule has 1 aliphatic heterocycles. The minimum Gasteiger partial charge on any atom is -0.454 e. The first-order valence-electron chi connectivity index (χ1n) is 6.76. The van der Waals surface area contributed by atoms with Crippen molar-refractivity contribution in [1.82, 2.24) is 0 Å². The molecule has 102 valence electrons. The highest BCUT2D eigenvalue weighted by Crippen LogP contribution is 2.32. The summed E-state index contributed by atoms with van der Waals surface area (Å²) >= 11 is 0. The number of hydrogen-bond acceptors (Lipinski definition) is 3. The van der Waals surface area contributed by atoms with E-state index in [1.54, 1.807) is 0 Å². The van der Waals surface area contributed by atoms with Gasteiger partial charge in [-0.05, 0) is 41.3 Å². The summed E-state index contributed by atoms with van der Waals surface area (Å²) in [5, 5.41) is 0. The van der Waals surface area contributed by atoms with Gasteiger partial charge in [0, 0.05) is 6.21 Å². The van der Waals surface area contributed by atoms with Gasteiger partial charge in [0.25, 0.3) is 0 Å². The van der Waals surface area contributed by atoms with Gasteiger partial charge in [-0.3, -0.25) is 4.99 Å². The van der Waals surface area contributed by atoms with E-state index in [9.17, 15) is 0 Å². The van der Waals surface area contributed by atoms with Crippen LogP contribution in [0.25, 0.3) is 0 Å². The molecule has 3 rings (SSSR count). The van der Waals surface area contributed by atoms with Crippen molar-refractivity contribution in [3.63, 3.8) is 0 Å². The molecule has 0 bridgehead atoms. The Hall–Kier alpha value is -2.29. The van der Waals surface area contributed by atoms with Gasteiger partial charge in [-0.25, -0.2) is 0 Å². The third-order valence-corrected chi connectivity index (χ3v) is 3.31. The van der Waals surface area contributed by atoms with E-state index in [4.69, 9.17) is 9.47 Å². The van der Waals surface area contributed by atoms with Crippen molar-refractivity contribution in [3.8, 4) is 11.5 Å². The Labute approximate surface area is 118 Å². The maximum Gasteiger partial charge on any atom is 0.231 e. The normalized spacial score (nSPS) is 13.3. The van der Waals surface area contributed by atoms with Crippen molar-refractivity contribution < 1.29 is 9.47 Å². The molecular formula is C17H17NO2. The molecule has 0 aromatic heterocycles. The van der Waals surface area contributed by atoms with Gasteiger partial charge in [0.15, 0.2) is 11.5 Å². The van der Waals surface area contributed by atoms with Crippen molar-refractivity contribution >= 4 is 11.9 Å². The van der Waals surface area contributed by atoms with Gasteiger partial charge in [0.1, 0.15) is 0 Å². The lowest BCUT2D eigenvalue weighted by Crippen LogP contribution is -1.92. The predicted octanol–water partition coefficient (Wildman–Crippen LogP) is 4.29. The first-order chi connectivity index (χ1) is 9.74. The van der Waals surface area contributed by atoms with Crippen molar-refractivity contribution in [2.45, 2.75) is 19.8 Å². The summed E-state index contributed by atoms with van der Waals surface area (Å²) in [6.07, 6.45) is 1.86. The molecular weight excluding hydrogens is 250 g/mol. The maximum atomic E-state index is 5.37. The quantitative estimate of drug-likeness (QED) is 0.777. The number of benzene rings is 2. The van der Waals surface area contributed by atoms with Crippen LogP contribution in [0.4, 0.5) is 5.69 Å². The SMILES string of the molecule is CC(C)c1ccccc1N=Cc1ccc2c(c1)OCO2. The summed E-state index contributed by atoms with van der Waals surface area (Å²) in [7, 11) is 0. The summed E-state index contributed by atoms with van der Waals surface area (Å²) in [5.41, 5.74) is 3.28. The number of hydrogen-bond donors (Lipinski definition) is 0. The topological polar surface area (TPSA) is 30.8 Å². The second-order valence-electron chi connectivity index (χ2n) is 5.08. The van der Waals surface area contributed by atoms with Crippen LogP contribution in [0.15, 0.2) is 47.5 Å². The lowest BCUT2D eigenvalue weighted by molar-refractivity contribution is 0.174. The molecule has 0 saturated carbocycles. The van der Waals surface area contributed by atoms with Crippen molar-refractivity contribution in [2.75, 3.05) is 6.79 Å². The molecule has 0 radical (unpaired) electrons. The minimum absolute atomic E-state index is 0.298. The van der Waals surface area contributed by atoms with E-state index in [0.29, 0.717) is 12.7 Å². The monoisotopic (exact) mass is 267 g/mol. The molecule has 0 unspecified atom stereocenters. The zero-order chi connectivity index (χ0) is 13.9. The fraction of sp³-hybridized carbons (Fsp3) is 0.235. The van der Waals surface area contributed by atoms with Crippen LogP contribution in [-0.4, -0.2) is 13.0 Å². The largest absolute Gasteiger partial charge is 0.454 e. The molecule has 3 nitrogen and oxygen atoms in total. The van der Waals surface area contributed by atoms with Gasteiger partial charge < -0.3 is 9.47 Å². The van der Waals surface area contributed by atoms with E-state index in [1.165, 1.54) is 5.56 Å². The van der Waals surface area contributed by atoms with Gasteiger partial charge in [0.05, 0.1) is 5.69 Å². The van der Waals surface area contributed by atoms with E-state index in [1.807, 2.05) is 36.5 Å². The molecule has 0 N–H and O–H groups in total. The van der Waals surface area contributed by atoms with Crippen LogP contribution in [0, 0.1) is 0 Å². The van der Waals surface area contributed by atoms with Crippen LogP contribution < -0.4 is 9.47 Å². The number of rotatable bonds is 3. The third kappa shape index (κ3) is 2.52. The first-order valence-corrected chi connectivity index (χ1v) is 6.76. The van der Waals surface area contributed by atoms with Crippen LogP contribution in [0.3, 0.4) is 0 Å². The second kappa shape index (κ2) is 5.37. The molecule has 0 spiro atoms. The van der Waals surface area contributed by atoms with Gasteiger partial charge in [-0.15, -0.1) is 0 Å². The number of nitrogens with zero attached hydrogens (tertiary/aromatic N) is 1. The van der Waals surface area contributed by atoms with Crippen LogP contribution in [0.5, 0.6) is 11.5 Å². The van der Waals surface area contributed by atoms with Gasteiger partial charge >= 0.3 is 0 Å². The number of fused-ring (bicyclic) bond motifs is 1. The van der Waals surface area contributed by atoms with Gasteiger partial charge in [-0.2, -0.15) is 0 Å². The van der Waals surface area contributed by atoms with E-state index < -0.39 is 0 Å². The summed E-state index contributed by atoms with van der Waals surface area (Å²) in [5.74, 6) is 2.04. The highest BCUT2D eigenvalue weighted by molar-refractivity contribution is 5.83. The zero-order valence-electron chi connectivity index (χ0n) is 11.7. The molecule has 2 aromatic rings. The Kier molecular flexibility index (Phi) is 3.42. The smallest absolute Gasteiger partial charge is 0.231 e. The average molecular weight is 267 g/mol. The van der Waals surface area contributed by atoms with Gasteiger partial charge in [0.2, 0.25) is 6.79 Å². The van der Waals surface area contributed by atoms with Crippen LogP contribution in [0.2, 0.25) is 0 Å². The number of para-hydroxylation sites is 1. The van der Waals surface area contributed by atoms with Gasteiger partial charge in [-0.1, -0.05) is 32.0 Å². The van der Waals surface area contributed by atoms with Crippen LogP contribution in [-0.2, 0) is 0 Å². The summed E-state index contributed by atoms with van der Waals surface area (Å²) in [6, 6.07) is 14.1. The van der Waals surface area contributed by atoms with Crippen LogP contribution in [0.1, 0.15) is 30.9 Å². The molecule has 1 aliphatic rings. The van der Waals surface area contributed by atoms with E-state index in [0.717, 1.165) is 22.7 Å². The zero-order valence-corrected chi connectivity index (χ0v) is 11.7. The lowest BCUT2D eigenvalue weighted by Gasteiger charge is -2.08. The molecule has 0 saturated heterocycles. The Bertz CT molecular complexity index is 647. The van der Waals surface area contributed by atoms with Crippen molar-refractivity contribution in [1.29, 1.82) is 0 Å². The van der Waals surface area contributed by atoms with E-state index in [2.05, 4.69) is 31.0 Å². The Balaban J connectivity index is 1.87. The summed E-state index contributed by atoms with van der Waals surface area (Å²) < 4.78 is 10.7. The molecule has 1 heterocycles.